The van der Waals surface area contributed by atoms with Crippen molar-refractivity contribution in [2.45, 2.75) is 19.4 Å². The summed E-state index contributed by atoms with van der Waals surface area (Å²) in [6, 6.07) is 6.56. The molecule has 2 rings (SSSR count). The van der Waals surface area contributed by atoms with E-state index in [1.54, 1.807) is 18.3 Å². The molecule has 0 saturated carbocycles. The molecule has 1 aromatic heterocycles. The second kappa shape index (κ2) is 6.10. The maximum atomic E-state index is 10.6. The summed E-state index contributed by atoms with van der Waals surface area (Å²) in [5.41, 5.74) is 6.61. The zero-order valence-corrected chi connectivity index (χ0v) is 10.5. The van der Waals surface area contributed by atoms with Gasteiger partial charge in [-0.2, -0.15) is 0 Å². The first kappa shape index (κ1) is 13.2. The number of imidazole rings is 1. The van der Waals surface area contributed by atoms with E-state index in [-0.39, 0.29) is 5.69 Å². The van der Waals surface area contributed by atoms with Crippen molar-refractivity contribution < 1.29 is 4.92 Å². The molecule has 0 atom stereocenters. The zero-order chi connectivity index (χ0) is 13.7. The lowest BCUT2D eigenvalue weighted by Crippen LogP contribution is -2.08. The Morgan fingerprint density at radius 3 is 2.68 bits per heavy atom. The van der Waals surface area contributed by atoms with E-state index in [9.17, 15) is 10.1 Å². The van der Waals surface area contributed by atoms with Crippen molar-refractivity contribution in [3.63, 3.8) is 0 Å². The number of nitrogens with zero attached hydrogens (tertiary/aromatic N) is 3. The fourth-order valence-electron chi connectivity index (χ4n) is 1.89. The van der Waals surface area contributed by atoms with Gasteiger partial charge in [0.2, 0.25) is 0 Å². The van der Waals surface area contributed by atoms with E-state index in [4.69, 9.17) is 5.73 Å². The number of benzene rings is 1. The monoisotopic (exact) mass is 260 g/mol. The van der Waals surface area contributed by atoms with Crippen LogP contribution in [0.15, 0.2) is 36.7 Å². The zero-order valence-electron chi connectivity index (χ0n) is 10.5. The van der Waals surface area contributed by atoms with Gasteiger partial charge in [0.25, 0.3) is 5.69 Å². The number of aryl methyl sites for hydroxylation is 1. The quantitative estimate of drug-likeness (QED) is 0.633. The van der Waals surface area contributed by atoms with Crippen molar-refractivity contribution >= 4 is 5.69 Å². The summed E-state index contributed by atoms with van der Waals surface area (Å²) < 4.78 is 2.06. The number of nitrogens with two attached hydrogens (primary N) is 1. The van der Waals surface area contributed by atoms with Crippen LogP contribution in [0.1, 0.15) is 17.8 Å². The smallest absolute Gasteiger partial charge is 0.269 e. The van der Waals surface area contributed by atoms with E-state index in [2.05, 4.69) is 9.55 Å². The van der Waals surface area contributed by atoms with Gasteiger partial charge in [-0.25, -0.2) is 4.98 Å². The molecule has 6 nitrogen and oxygen atoms in total. The Morgan fingerprint density at radius 1 is 1.32 bits per heavy atom. The van der Waals surface area contributed by atoms with Crippen molar-refractivity contribution in [2.24, 2.45) is 5.73 Å². The van der Waals surface area contributed by atoms with Gasteiger partial charge in [-0.1, -0.05) is 12.1 Å². The van der Waals surface area contributed by atoms with Gasteiger partial charge >= 0.3 is 0 Å². The third kappa shape index (κ3) is 3.38. The Balaban J connectivity index is 2.08. The standard InChI is InChI=1S/C13H16N4O2/c14-6-1-8-16-9-7-15-13(16)10-11-2-4-12(5-3-11)17(18)19/h2-5,7,9H,1,6,8,10,14H2. The molecule has 0 radical (unpaired) electrons. The van der Waals surface area contributed by atoms with Gasteiger partial charge in [-0.3, -0.25) is 10.1 Å². The summed E-state index contributed by atoms with van der Waals surface area (Å²) in [6.45, 7) is 1.49. The molecule has 0 aliphatic carbocycles. The Kier molecular flexibility index (Phi) is 4.25. The molecular weight excluding hydrogens is 244 g/mol. The lowest BCUT2D eigenvalue weighted by atomic mass is 10.1. The van der Waals surface area contributed by atoms with E-state index in [0.717, 1.165) is 24.4 Å². The SMILES string of the molecule is NCCCn1ccnc1Cc1ccc([N+](=O)[O-])cc1. The van der Waals surface area contributed by atoms with Crippen LogP contribution in [0.3, 0.4) is 0 Å². The average Bonchev–Trinajstić information content (AvgIpc) is 2.84. The lowest BCUT2D eigenvalue weighted by Gasteiger charge is -2.07. The van der Waals surface area contributed by atoms with E-state index >= 15 is 0 Å². The van der Waals surface area contributed by atoms with E-state index in [0.29, 0.717) is 13.0 Å². The Bertz CT molecular complexity index is 548. The minimum Gasteiger partial charge on any atom is -0.335 e. The van der Waals surface area contributed by atoms with Gasteiger partial charge in [-0.15, -0.1) is 0 Å². The topological polar surface area (TPSA) is 87.0 Å². The molecule has 0 spiro atoms. The van der Waals surface area contributed by atoms with Crippen LogP contribution >= 0.6 is 0 Å². The van der Waals surface area contributed by atoms with Crippen LogP contribution in [0.5, 0.6) is 0 Å². The highest BCUT2D eigenvalue weighted by molar-refractivity contribution is 5.34. The number of nitro groups is 1. The molecule has 0 amide bonds. The summed E-state index contributed by atoms with van der Waals surface area (Å²) in [6.07, 6.45) is 5.26. The molecule has 1 aromatic carbocycles. The van der Waals surface area contributed by atoms with Crippen molar-refractivity contribution in [2.75, 3.05) is 6.54 Å². The van der Waals surface area contributed by atoms with Crippen molar-refractivity contribution in [1.82, 2.24) is 9.55 Å². The fourth-order valence-corrected chi connectivity index (χ4v) is 1.89. The van der Waals surface area contributed by atoms with Crippen LogP contribution in [-0.2, 0) is 13.0 Å². The molecule has 0 aliphatic rings. The molecule has 19 heavy (non-hydrogen) atoms. The number of non-ortho nitro benzene ring substituents is 1. The van der Waals surface area contributed by atoms with Crippen molar-refractivity contribution in [3.8, 4) is 0 Å². The van der Waals surface area contributed by atoms with Crippen LogP contribution in [0.2, 0.25) is 0 Å². The first-order chi connectivity index (χ1) is 9.20. The van der Waals surface area contributed by atoms with Crippen molar-refractivity contribution in [1.29, 1.82) is 0 Å². The number of hydrogen-bond acceptors (Lipinski definition) is 4. The van der Waals surface area contributed by atoms with Crippen LogP contribution in [-0.4, -0.2) is 21.0 Å². The molecule has 0 saturated heterocycles. The molecule has 0 unspecified atom stereocenters. The summed E-state index contributed by atoms with van der Waals surface area (Å²) in [7, 11) is 0. The maximum Gasteiger partial charge on any atom is 0.269 e. The van der Waals surface area contributed by atoms with E-state index in [1.165, 1.54) is 12.1 Å². The molecule has 2 aromatic rings. The van der Waals surface area contributed by atoms with Crippen molar-refractivity contribution in [3.05, 3.63) is 58.2 Å². The predicted octanol–water partition coefficient (Wildman–Crippen LogP) is 1.73. The minimum atomic E-state index is -0.397. The first-order valence-electron chi connectivity index (χ1n) is 6.14. The molecule has 0 aliphatic heterocycles. The third-order valence-electron chi connectivity index (χ3n) is 2.91. The summed E-state index contributed by atoms with van der Waals surface area (Å²) in [5.74, 6) is 0.947. The number of aromatic nitrogens is 2. The van der Waals surface area contributed by atoms with Gasteiger partial charge in [0.05, 0.1) is 4.92 Å². The number of rotatable bonds is 6. The molecular formula is C13H16N4O2. The van der Waals surface area contributed by atoms with E-state index < -0.39 is 4.92 Å². The Labute approximate surface area is 111 Å². The maximum absolute atomic E-state index is 10.6. The van der Waals surface area contributed by atoms with Gasteiger partial charge in [0.15, 0.2) is 0 Å². The number of nitro benzene ring substituents is 1. The predicted molar refractivity (Wildman–Crippen MR) is 71.8 cm³/mol. The molecule has 2 N–H and O–H groups in total. The third-order valence-corrected chi connectivity index (χ3v) is 2.91. The van der Waals surface area contributed by atoms with Gasteiger partial charge in [0.1, 0.15) is 5.82 Å². The minimum absolute atomic E-state index is 0.107. The number of hydrogen-bond donors (Lipinski definition) is 1. The van der Waals surface area contributed by atoms with Gasteiger partial charge in [-0.05, 0) is 18.5 Å². The second-order valence-electron chi connectivity index (χ2n) is 4.28. The molecule has 100 valence electrons. The summed E-state index contributed by atoms with van der Waals surface area (Å²) in [4.78, 5) is 14.5. The van der Waals surface area contributed by atoms with Crippen LogP contribution < -0.4 is 5.73 Å². The largest absolute Gasteiger partial charge is 0.335 e. The summed E-state index contributed by atoms with van der Waals surface area (Å²) in [5, 5.41) is 10.6. The molecule has 0 fully saturated rings. The fraction of sp³-hybridized carbons (Fsp3) is 0.308. The second-order valence-corrected chi connectivity index (χ2v) is 4.28. The first-order valence-corrected chi connectivity index (χ1v) is 6.14. The van der Waals surface area contributed by atoms with Gasteiger partial charge < -0.3 is 10.3 Å². The van der Waals surface area contributed by atoms with Crippen LogP contribution in [0, 0.1) is 10.1 Å². The Morgan fingerprint density at radius 2 is 2.05 bits per heavy atom. The highest BCUT2D eigenvalue weighted by Gasteiger charge is 2.07. The molecule has 0 bridgehead atoms. The Hall–Kier alpha value is -2.21. The van der Waals surface area contributed by atoms with E-state index in [1.807, 2.05) is 6.20 Å². The van der Waals surface area contributed by atoms with Gasteiger partial charge in [0, 0.05) is 37.5 Å². The summed E-state index contributed by atoms with van der Waals surface area (Å²) >= 11 is 0. The van der Waals surface area contributed by atoms with Crippen LogP contribution in [0.25, 0.3) is 0 Å². The highest BCUT2D eigenvalue weighted by Crippen LogP contribution is 2.14. The highest BCUT2D eigenvalue weighted by atomic mass is 16.6. The normalized spacial score (nSPS) is 10.6. The molecule has 6 heteroatoms. The average molecular weight is 260 g/mol. The lowest BCUT2D eigenvalue weighted by molar-refractivity contribution is -0.384. The molecule has 1 heterocycles. The van der Waals surface area contributed by atoms with Crippen LogP contribution in [0.4, 0.5) is 5.69 Å².